The maximum atomic E-state index is 12.7. The Balaban J connectivity index is 1.98. The fraction of sp³-hybridized carbons (Fsp3) is 0.444. The second-order valence-electron chi connectivity index (χ2n) is 5.72. The lowest BCUT2D eigenvalue weighted by molar-refractivity contribution is -0.116. The number of rotatable bonds is 5. The highest BCUT2D eigenvalue weighted by atomic mass is 32.2. The van der Waals surface area contributed by atoms with E-state index in [1.54, 1.807) is 0 Å². The fourth-order valence-corrected chi connectivity index (χ4v) is 3.42. The molecule has 0 aliphatic carbocycles. The topological polar surface area (TPSA) is 49.4 Å². The Labute approximate surface area is 142 Å². The Kier molecular flexibility index (Phi) is 6.71. The van der Waals surface area contributed by atoms with Gasteiger partial charge in [-0.25, -0.2) is 0 Å². The number of carbonyl (C=O) groups excluding carboxylic acids is 2. The summed E-state index contributed by atoms with van der Waals surface area (Å²) in [7, 11) is 0. The number of benzene rings is 1. The molecule has 1 heterocycles. The number of thioether (sulfide) groups is 1. The predicted molar refractivity (Wildman–Crippen MR) is 95.5 cm³/mol. The Morgan fingerprint density at radius 1 is 1.35 bits per heavy atom. The van der Waals surface area contributed by atoms with Crippen molar-refractivity contribution in [2.24, 2.45) is 0 Å². The SMILES string of the molecule is C=CC(=O)NCc1ccc(C(=O)N2CCCCC(SC)C2)cc1. The van der Waals surface area contributed by atoms with E-state index >= 15 is 0 Å². The number of hydrogen-bond donors (Lipinski definition) is 1. The molecule has 0 saturated carbocycles. The Bertz CT molecular complexity index is 557. The molecule has 1 aliphatic heterocycles. The molecule has 1 fully saturated rings. The number of nitrogens with zero attached hydrogens (tertiary/aromatic N) is 1. The highest BCUT2D eigenvalue weighted by molar-refractivity contribution is 7.99. The van der Waals surface area contributed by atoms with Gasteiger partial charge in [0.1, 0.15) is 0 Å². The molecule has 2 amide bonds. The summed E-state index contributed by atoms with van der Waals surface area (Å²) in [6.45, 7) is 5.53. The summed E-state index contributed by atoms with van der Waals surface area (Å²) >= 11 is 1.85. The third-order valence-corrected chi connectivity index (χ3v) is 5.15. The van der Waals surface area contributed by atoms with Crippen LogP contribution in [0.1, 0.15) is 35.2 Å². The van der Waals surface area contributed by atoms with Crippen molar-refractivity contribution in [2.45, 2.75) is 31.1 Å². The summed E-state index contributed by atoms with van der Waals surface area (Å²) in [5.41, 5.74) is 1.68. The maximum absolute atomic E-state index is 12.7. The molecule has 0 spiro atoms. The number of amides is 2. The molecule has 1 atom stereocenters. The van der Waals surface area contributed by atoms with Crippen molar-refractivity contribution in [1.29, 1.82) is 0 Å². The summed E-state index contributed by atoms with van der Waals surface area (Å²) < 4.78 is 0. The van der Waals surface area contributed by atoms with Crippen LogP contribution in [0, 0.1) is 0 Å². The van der Waals surface area contributed by atoms with Crippen LogP contribution in [0.3, 0.4) is 0 Å². The van der Waals surface area contributed by atoms with Gasteiger partial charge in [-0.05, 0) is 42.9 Å². The van der Waals surface area contributed by atoms with Crippen LogP contribution in [0.25, 0.3) is 0 Å². The predicted octanol–water partition coefficient (Wildman–Crippen LogP) is 2.85. The van der Waals surface area contributed by atoms with Gasteiger partial charge in [0.15, 0.2) is 0 Å². The minimum Gasteiger partial charge on any atom is -0.348 e. The van der Waals surface area contributed by atoms with Crippen molar-refractivity contribution in [3.63, 3.8) is 0 Å². The molecular weight excluding hydrogens is 308 g/mol. The molecule has 1 aliphatic rings. The summed E-state index contributed by atoms with van der Waals surface area (Å²) in [6.07, 6.45) is 6.82. The smallest absolute Gasteiger partial charge is 0.253 e. The molecule has 5 heteroatoms. The Morgan fingerprint density at radius 3 is 2.74 bits per heavy atom. The van der Waals surface area contributed by atoms with E-state index in [1.165, 1.54) is 18.9 Å². The van der Waals surface area contributed by atoms with Gasteiger partial charge in [0, 0.05) is 30.4 Å². The third kappa shape index (κ3) is 5.13. The first-order valence-corrected chi connectivity index (χ1v) is 9.24. The Morgan fingerprint density at radius 2 is 2.09 bits per heavy atom. The minimum absolute atomic E-state index is 0.104. The Hall–Kier alpha value is -1.75. The van der Waals surface area contributed by atoms with Crippen molar-refractivity contribution in [3.8, 4) is 0 Å². The minimum atomic E-state index is -0.196. The largest absolute Gasteiger partial charge is 0.348 e. The van der Waals surface area contributed by atoms with Gasteiger partial charge in [0.05, 0.1) is 0 Å². The van der Waals surface area contributed by atoms with Crippen molar-refractivity contribution in [1.82, 2.24) is 10.2 Å². The molecule has 1 aromatic rings. The molecule has 4 nitrogen and oxygen atoms in total. The van der Waals surface area contributed by atoms with Crippen LogP contribution in [0.2, 0.25) is 0 Å². The van der Waals surface area contributed by atoms with E-state index in [1.807, 2.05) is 40.9 Å². The number of nitrogens with one attached hydrogen (secondary N) is 1. The van der Waals surface area contributed by atoms with E-state index in [0.717, 1.165) is 25.1 Å². The summed E-state index contributed by atoms with van der Waals surface area (Å²) in [4.78, 5) is 25.8. The zero-order valence-corrected chi connectivity index (χ0v) is 14.4. The van der Waals surface area contributed by atoms with E-state index < -0.39 is 0 Å². The van der Waals surface area contributed by atoms with Crippen LogP contribution in [0.5, 0.6) is 0 Å². The molecule has 124 valence electrons. The monoisotopic (exact) mass is 332 g/mol. The van der Waals surface area contributed by atoms with Crippen LogP contribution in [-0.2, 0) is 11.3 Å². The molecule has 1 unspecified atom stereocenters. The zero-order valence-electron chi connectivity index (χ0n) is 13.6. The van der Waals surface area contributed by atoms with Gasteiger partial charge in [-0.15, -0.1) is 0 Å². The molecule has 1 aromatic carbocycles. The maximum Gasteiger partial charge on any atom is 0.253 e. The van der Waals surface area contributed by atoms with Gasteiger partial charge < -0.3 is 10.2 Å². The lowest BCUT2D eigenvalue weighted by Gasteiger charge is -2.23. The lowest BCUT2D eigenvalue weighted by Crippen LogP contribution is -2.35. The molecule has 0 aromatic heterocycles. The van der Waals surface area contributed by atoms with Gasteiger partial charge in [-0.2, -0.15) is 11.8 Å². The summed E-state index contributed by atoms with van der Waals surface area (Å²) in [5, 5.41) is 3.26. The standard InChI is InChI=1S/C18H24N2O2S/c1-3-17(21)19-12-14-7-9-15(10-8-14)18(22)20-11-5-4-6-16(13-20)23-2/h3,7-10,16H,1,4-6,11-13H2,2H3,(H,19,21). The van der Waals surface area contributed by atoms with Crippen molar-refractivity contribution in [3.05, 3.63) is 48.0 Å². The first-order valence-electron chi connectivity index (χ1n) is 7.95. The molecule has 1 N–H and O–H groups in total. The quantitative estimate of drug-likeness (QED) is 0.844. The third-order valence-electron chi connectivity index (χ3n) is 4.10. The van der Waals surface area contributed by atoms with Crippen LogP contribution < -0.4 is 5.32 Å². The lowest BCUT2D eigenvalue weighted by atomic mass is 10.1. The molecule has 0 bridgehead atoms. The zero-order chi connectivity index (χ0) is 16.7. The molecule has 0 radical (unpaired) electrons. The molecule has 2 rings (SSSR count). The van der Waals surface area contributed by atoms with Crippen molar-refractivity contribution >= 4 is 23.6 Å². The van der Waals surface area contributed by atoms with Crippen molar-refractivity contribution in [2.75, 3.05) is 19.3 Å². The van der Waals surface area contributed by atoms with Crippen molar-refractivity contribution < 1.29 is 9.59 Å². The number of carbonyl (C=O) groups is 2. The van der Waals surface area contributed by atoms with E-state index in [2.05, 4.69) is 18.2 Å². The van der Waals surface area contributed by atoms with Crippen LogP contribution in [0.4, 0.5) is 0 Å². The highest BCUT2D eigenvalue weighted by Crippen LogP contribution is 2.21. The van der Waals surface area contributed by atoms with E-state index in [9.17, 15) is 9.59 Å². The molecule has 23 heavy (non-hydrogen) atoms. The highest BCUT2D eigenvalue weighted by Gasteiger charge is 2.22. The summed E-state index contributed by atoms with van der Waals surface area (Å²) in [6, 6.07) is 7.47. The average molecular weight is 332 g/mol. The van der Waals surface area contributed by atoms with Gasteiger partial charge in [-0.1, -0.05) is 25.1 Å². The number of likely N-dealkylation sites (tertiary alicyclic amines) is 1. The first kappa shape index (κ1) is 17.6. The van der Waals surface area contributed by atoms with Gasteiger partial charge >= 0.3 is 0 Å². The van der Waals surface area contributed by atoms with E-state index in [-0.39, 0.29) is 11.8 Å². The van der Waals surface area contributed by atoms with E-state index in [0.29, 0.717) is 17.4 Å². The summed E-state index contributed by atoms with van der Waals surface area (Å²) in [5.74, 6) is -0.0922. The average Bonchev–Trinajstić information content (AvgIpc) is 2.85. The normalized spacial score (nSPS) is 18.1. The van der Waals surface area contributed by atoms with Gasteiger partial charge in [-0.3, -0.25) is 9.59 Å². The molecule has 1 saturated heterocycles. The number of hydrogen-bond acceptors (Lipinski definition) is 3. The van der Waals surface area contributed by atoms with Gasteiger partial charge in [0.25, 0.3) is 5.91 Å². The second kappa shape index (κ2) is 8.77. The second-order valence-corrected chi connectivity index (χ2v) is 6.86. The van der Waals surface area contributed by atoms with E-state index in [4.69, 9.17) is 0 Å². The first-order chi connectivity index (χ1) is 11.1. The van der Waals surface area contributed by atoms with Crippen LogP contribution in [-0.4, -0.2) is 41.3 Å². The van der Waals surface area contributed by atoms with Crippen LogP contribution in [0.15, 0.2) is 36.9 Å². The fourth-order valence-electron chi connectivity index (χ4n) is 2.69. The molecular formula is C18H24N2O2S. The van der Waals surface area contributed by atoms with Crippen LogP contribution >= 0.6 is 11.8 Å². The van der Waals surface area contributed by atoms with Gasteiger partial charge in [0.2, 0.25) is 5.91 Å².